The van der Waals surface area contributed by atoms with Crippen molar-refractivity contribution in [2.75, 3.05) is 26.7 Å². The summed E-state index contributed by atoms with van der Waals surface area (Å²) in [5.41, 5.74) is 4.92. The van der Waals surface area contributed by atoms with E-state index in [0.29, 0.717) is 34.3 Å². The molecule has 1 unspecified atom stereocenters. The van der Waals surface area contributed by atoms with Gasteiger partial charge in [0.2, 0.25) is 0 Å². The number of para-hydroxylation sites is 1. The summed E-state index contributed by atoms with van der Waals surface area (Å²) in [6.45, 7) is 3.12. The van der Waals surface area contributed by atoms with Crippen molar-refractivity contribution >= 4 is 63.6 Å². The highest BCUT2D eigenvalue weighted by molar-refractivity contribution is 6.42. The summed E-state index contributed by atoms with van der Waals surface area (Å²) in [5.74, 6) is -2.42. The van der Waals surface area contributed by atoms with Gasteiger partial charge in [-0.3, -0.25) is 14.7 Å². The van der Waals surface area contributed by atoms with Gasteiger partial charge in [-0.2, -0.15) is 0 Å². The van der Waals surface area contributed by atoms with E-state index in [1.807, 2.05) is 79.8 Å². The number of benzene rings is 3. The molecule has 2 heterocycles. The van der Waals surface area contributed by atoms with Crippen molar-refractivity contribution < 1.29 is 24.6 Å². The predicted molar refractivity (Wildman–Crippen MR) is 177 cm³/mol. The van der Waals surface area contributed by atoms with Crippen LogP contribution in [0.2, 0.25) is 15.1 Å². The maximum Gasteiger partial charge on any atom is 0.328 e. The molecule has 2 N–H and O–H groups in total. The van der Waals surface area contributed by atoms with E-state index in [-0.39, 0.29) is 11.8 Å². The molecular weight excluding hydrogens is 637 g/mol. The van der Waals surface area contributed by atoms with Crippen LogP contribution in [0.15, 0.2) is 84.9 Å². The molecule has 1 atom stereocenters. The van der Waals surface area contributed by atoms with Crippen molar-refractivity contribution in [1.82, 2.24) is 14.8 Å². The molecule has 1 aliphatic rings. The molecule has 5 rings (SSSR count). The quantitative estimate of drug-likeness (QED) is 0.181. The van der Waals surface area contributed by atoms with E-state index in [0.717, 1.165) is 65.2 Å². The van der Waals surface area contributed by atoms with Crippen molar-refractivity contribution in [3.8, 4) is 0 Å². The second-order valence-electron chi connectivity index (χ2n) is 10.6. The third kappa shape index (κ3) is 9.28. The maximum atomic E-state index is 13.1. The lowest BCUT2D eigenvalue weighted by atomic mass is 9.94. The third-order valence-corrected chi connectivity index (χ3v) is 8.67. The molecule has 0 spiro atoms. The highest BCUT2D eigenvalue weighted by atomic mass is 35.5. The summed E-state index contributed by atoms with van der Waals surface area (Å²) in [6.07, 6.45) is 2.84. The molecule has 0 radical (unpaired) electrons. The fourth-order valence-electron chi connectivity index (χ4n) is 5.21. The average molecular weight is 669 g/mol. The Morgan fingerprint density at radius 3 is 2.27 bits per heavy atom. The highest BCUT2D eigenvalue weighted by Gasteiger charge is 2.24. The number of hydrogen-bond acceptors (Lipinski definition) is 5. The zero-order chi connectivity index (χ0) is 32.5. The SMILES string of the molecule is CN(CC(CCN1CCc2nc3ccccc3c(Cl)c2C1)c1ccc(Cl)c(Cl)c1)C(=O)c1ccccc1.O=C(O)/C=C/C(=O)O. The fraction of sp³-hybridized carbons (Fsp3) is 0.235. The zero-order valence-electron chi connectivity index (χ0n) is 24.5. The summed E-state index contributed by atoms with van der Waals surface area (Å²) in [6, 6.07) is 23.2. The first-order valence-electron chi connectivity index (χ1n) is 14.2. The second kappa shape index (κ2) is 15.9. The van der Waals surface area contributed by atoms with Gasteiger partial charge < -0.3 is 15.1 Å². The van der Waals surface area contributed by atoms with Gasteiger partial charge in [-0.25, -0.2) is 9.59 Å². The van der Waals surface area contributed by atoms with Gasteiger partial charge in [0.25, 0.3) is 5.91 Å². The fourth-order valence-corrected chi connectivity index (χ4v) is 5.84. The monoisotopic (exact) mass is 667 g/mol. The summed E-state index contributed by atoms with van der Waals surface area (Å²) in [7, 11) is 1.85. The number of carboxylic acid groups (broad SMARTS) is 2. The Balaban J connectivity index is 0.000000510. The number of aliphatic carboxylic acids is 2. The number of likely N-dealkylation sites (N-methyl/N-ethyl adjacent to an activating group) is 1. The van der Waals surface area contributed by atoms with E-state index in [2.05, 4.69) is 4.90 Å². The van der Waals surface area contributed by atoms with Crippen LogP contribution in [-0.2, 0) is 22.6 Å². The molecule has 0 fully saturated rings. The Kier molecular flexibility index (Phi) is 12.0. The van der Waals surface area contributed by atoms with Crippen molar-refractivity contribution in [2.24, 2.45) is 0 Å². The van der Waals surface area contributed by atoms with E-state index >= 15 is 0 Å². The van der Waals surface area contributed by atoms with Gasteiger partial charge in [0.05, 0.1) is 20.6 Å². The van der Waals surface area contributed by atoms with Crippen LogP contribution in [0.25, 0.3) is 10.9 Å². The molecule has 0 saturated carbocycles. The number of rotatable bonds is 9. The molecule has 11 heteroatoms. The first-order chi connectivity index (χ1) is 21.5. The van der Waals surface area contributed by atoms with Crippen molar-refractivity contribution in [3.63, 3.8) is 0 Å². The van der Waals surface area contributed by atoms with Gasteiger partial charge in [-0.1, -0.05) is 77.3 Å². The first-order valence-corrected chi connectivity index (χ1v) is 15.3. The maximum absolute atomic E-state index is 13.1. The number of aromatic nitrogens is 1. The van der Waals surface area contributed by atoms with E-state index in [4.69, 9.17) is 50.0 Å². The predicted octanol–water partition coefficient (Wildman–Crippen LogP) is 7.21. The normalized spacial score (nSPS) is 13.5. The van der Waals surface area contributed by atoms with E-state index in [1.54, 1.807) is 4.90 Å². The number of amides is 1. The van der Waals surface area contributed by atoms with Crippen LogP contribution in [-0.4, -0.2) is 69.5 Å². The minimum Gasteiger partial charge on any atom is -0.478 e. The number of carbonyl (C=O) groups is 3. The van der Waals surface area contributed by atoms with E-state index in [9.17, 15) is 14.4 Å². The van der Waals surface area contributed by atoms with Crippen LogP contribution < -0.4 is 0 Å². The smallest absolute Gasteiger partial charge is 0.328 e. The molecule has 234 valence electrons. The molecule has 1 aliphatic heterocycles. The van der Waals surface area contributed by atoms with Crippen molar-refractivity contribution in [2.45, 2.75) is 25.3 Å². The molecule has 4 aromatic rings. The van der Waals surface area contributed by atoms with Crippen LogP contribution in [0.3, 0.4) is 0 Å². The van der Waals surface area contributed by atoms with Gasteiger partial charge in [-0.15, -0.1) is 0 Å². The van der Waals surface area contributed by atoms with Crippen molar-refractivity contribution in [1.29, 1.82) is 0 Å². The number of pyridine rings is 1. The van der Waals surface area contributed by atoms with Gasteiger partial charge >= 0.3 is 11.9 Å². The number of halogens is 3. The van der Waals surface area contributed by atoms with Gasteiger partial charge in [0, 0.05) is 73.4 Å². The summed E-state index contributed by atoms with van der Waals surface area (Å²) in [4.78, 5) is 41.3. The second-order valence-corrected chi connectivity index (χ2v) is 11.8. The molecule has 0 bridgehead atoms. The number of carboxylic acids is 2. The minimum atomic E-state index is -1.26. The van der Waals surface area contributed by atoms with Gasteiger partial charge in [-0.05, 0) is 48.9 Å². The van der Waals surface area contributed by atoms with Crippen LogP contribution in [0.4, 0.5) is 0 Å². The molecule has 45 heavy (non-hydrogen) atoms. The number of nitrogens with zero attached hydrogens (tertiary/aromatic N) is 3. The Morgan fingerprint density at radius 2 is 1.60 bits per heavy atom. The van der Waals surface area contributed by atoms with Crippen molar-refractivity contribution in [3.05, 3.63) is 122 Å². The Hall–Kier alpha value is -3.95. The molecule has 0 aliphatic carbocycles. The summed E-state index contributed by atoms with van der Waals surface area (Å²) in [5, 5.41) is 18.5. The Bertz CT molecular complexity index is 1700. The van der Waals surface area contributed by atoms with Crippen LogP contribution in [0, 0.1) is 0 Å². The summed E-state index contributed by atoms with van der Waals surface area (Å²) < 4.78 is 0. The lowest BCUT2D eigenvalue weighted by molar-refractivity contribution is -0.134. The molecule has 1 aromatic heterocycles. The van der Waals surface area contributed by atoms with Crippen LogP contribution in [0.1, 0.15) is 39.5 Å². The molecule has 1 amide bonds. The third-order valence-electron chi connectivity index (χ3n) is 7.49. The standard InChI is InChI=1S/C30H28Cl3N3O.C4H4O4/c1-35(30(37)20-7-3-2-4-8-20)18-22(21-11-12-25(31)26(32)17-21)13-15-36-16-14-28-24(19-36)29(33)23-9-5-6-10-27(23)34-28;5-3(6)1-2-4(7)8/h2-12,17,22H,13-16,18-19H2,1H3;1-2H,(H,5,6)(H,7,8)/b;2-1+. The lowest BCUT2D eigenvalue weighted by Gasteiger charge is -2.31. The highest BCUT2D eigenvalue weighted by Crippen LogP contribution is 2.33. The number of fused-ring (bicyclic) bond motifs is 2. The van der Waals surface area contributed by atoms with Gasteiger partial charge in [0.1, 0.15) is 0 Å². The zero-order valence-corrected chi connectivity index (χ0v) is 26.8. The molecular formula is C34H32Cl3N3O5. The Labute approximate surface area is 276 Å². The molecule has 0 saturated heterocycles. The lowest BCUT2D eigenvalue weighted by Crippen LogP contribution is -2.35. The van der Waals surface area contributed by atoms with E-state index < -0.39 is 11.9 Å². The topological polar surface area (TPSA) is 111 Å². The largest absolute Gasteiger partial charge is 0.478 e. The van der Waals surface area contributed by atoms with E-state index in [1.165, 1.54) is 0 Å². The number of carbonyl (C=O) groups excluding carboxylic acids is 1. The molecule has 3 aromatic carbocycles. The van der Waals surface area contributed by atoms with Crippen LogP contribution in [0.5, 0.6) is 0 Å². The Morgan fingerprint density at radius 1 is 0.933 bits per heavy atom. The first kappa shape index (κ1) is 33.9. The minimum absolute atomic E-state index is 0.00212. The van der Waals surface area contributed by atoms with Gasteiger partial charge in [0.15, 0.2) is 0 Å². The number of hydrogen-bond donors (Lipinski definition) is 2. The average Bonchev–Trinajstić information content (AvgIpc) is 3.04. The molecule has 8 nitrogen and oxygen atoms in total. The van der Waals surface area contributed by atoms with Crippen LogP contribution >= 0.6 is 34.8 Å². The summed E-state index contributed by atoms with van der Waals surface area (Å²) >= 11 is 19.4.